The van der Waals surface area contributed by atoms with Gasteiger partial charge in [0.15, 0.2) is 6.29 Å². The third-order valence-electron chi connectivity index (χ3n) is 11.0. The highest BCUT2D eigenvalue weighted by Gasteiger charge is 2.74. The molecule has 206 valence electrons. The largest absolute Gasteiger partial charge is 0.394 e. The molecule has 0 radical (unpaired) electrons. The zero-order valence-corrected chi connectivity index (χ0v) is 21.2. The van der Waals surface area contributed by atoms with Crippen molar-refractivity contribution in [3.8, 4) is 0 Å². The number of fused-ring (bicyclic) bond motifs is 2. The van der Waals surface area contributed by atoms with Crippen LogP contribution in [0.4, 0.5) is 0 Å². The van der Waals surface area contributed by atoms with Gasteiger partial charge in [0.25, 0.3) is 0 Å². The van der Waals surface area contributed by atoms with Crippen molar-refractivity contribution in [2.24, 2.45) is 22.7 Å². The van der Waals surface area contributed by atoms with Gasteiger partial charge < -0.3 is 50.3 Å². The van der Waals surface area contributed by atoms with Crippen molar-refractivity contribution in [3.05, 3.63) is 12.2 Å². The van der Waals surface area contributed by atoms with Crippen LogP contribution >= 0.6 is 0 Å². The molecule has 5 aliphatic rings. The lowest BCUT2D eigenvalue weighted by molar-refractivity contribution is -0.321. The lowest BCUT2D eigenvalue weighted by Crippen LogP contribution is -2.61. The second-order valence-electron chi connectivity index (χ2n) is 13.0. The number of hydrogen-bond acceptors (Lipinski definition) is 10. The van der Waals surface area contributed by atoms with Crippen LogP contribution in [0, 0.1) is 22.7 Å². The second-order valence-corrected chi connectivity index (χ2v) is 13.0. The molecule has 1 saturated heterocycles. The van der Waals surface area contributed by atoms with E-state index in [1.165, 1.54) is 0 Å². The second kappa shape index (κ2) is 8.17. The predicted octanol–water partition coefficient (Wildman–Crippen LogP) is -1.06. The van der Waals surface area contributed by atoms with Crippen molar-refractivity contribution >= 4 is 0 Å². The molecule has 0 amide bonds. The number of aliphatic hydroxyl groups excluding tert-OH is 5. The summed E-state index contributed by atoms with van der Waals surface area (Å²) in [7, 11) is 0. The lowest BCUT2D eigenvalue weighted by Gasteiger charge is -2.49. The van der Waals surface area contributed by atoms with Crippen LogP contribution in [0.15, 0.2) is 12.2 Å². The van der Waals surface area contributed by atoms with E-state index in [-0.39, 0.29) is 18.8 Å². The van der Waals surface area contributed by atoms with Gasteiger partial charge in [-0.2, -0.15) is 0 Å². The molecule has 2 bridgehead atoms. The highest BCUT2D eigenvalue weighted by molar-refractivity contribution is 5.36. The van der Waals surface area contributed by atoms with E-state index in [1.807, 2.05) is 0 Å². The van der Waals surface area contributed by atoms with Gasteiger partial charge in [0.1, 0.15) is 30.0 Å². The molecular weight excluding hydrogens is 472 g/mol. The molecule has 1 spiro atoms. The molecule has 13 atom stereocenters. The molecule has 0 aromatic carbocycles. The predicted molar refractivity (Wildman–Crippen MR) is 125 cm³/mol. The normalized spacial score (nSPS) is 58.3. The van der Waals surface area contributed by atoms with Crippen LogP contribution in [-0.4, -0.2) is 107 Å². The van der Waals surface area contributed by atoms with Gasteiger partial charge in [0, 0.05) is 16.7 Å². The third-order valence-corrected chi connectivity index (χ3v) is 11.0. The van der Waals surface area contributed by atoms with Gasteiger partial charge in [-0.05, 0) is 56.9 Å². The van der Waals surface area contributed by atoms with E-state index >= 15 is 0 Å². The number of hydrogen-bond donors (Lipinski definition) is 8. The minimum atomic E-state index is -1.74. The molecule has 1 heterocycles. The van der Waals surface area contributed by atoms with Crippen LogP contribution in [0.5, 0.6) is 0 Å². The average Bonchev–Trinajstić information content (AvgIpc) is 3.13. The van der Waals surface area contributed by atoms with Gasteiger partial charge in [-0.1, -0.05) is 20.4 Å². The summed E-state index contributed by atoms with van der Waals surface area (Å²) in [5, 5.41) is 87.4. The van der Waals surface area contributed by atoms with E-state index in [4.69, 9.17) is 9.47 Å². The Morgan fingerprint density at radius 2 is 1.67 bits per heavy atom. The van der Waals surface area contributed by atoms with Crippen molar-refractivity contribution in [1.82, 2.24) is 0 Å². The van der Waals surface area contributed by atoms with Crippen LogP contribution < -0.4 is 0 Å². The first-order valence-electron chi connectivity index (χ1n) is 13.1. The standard InChI is InChI=1S/C26H42O10/c1-12-14-7-17(36-21-20(31)19(30)18(29)15(10-27)35-21)22(2,3)26(14,34)16(28)9-24-8-13(23(4,32)11-24)5-6-25(12,24)33/h13-21,27-34H,1,5-11H2,2-4H3/t13-,14+,15-,16-,17+,18-,19+,20-,21-,23-,24-,25-,26+/m1/s1. The van der Waals surface area contributed by atoms with Crippen molar-refractivity contribution in [1.29, 1.82) is 0 Å². The molecule has 4 saturated carbocycles. The molecule has 10 nitrogen and oxygen atoms in total. The van der Waals surface area contributed by atoms with Crippen LogP contribution in [0.2, 0.25) is 0 Å². The molecule has 0 unspecified atom stereocenters. The average molecular weight is 515 g/mol. The summed E-state index contributed by atoms with van der Waals surface area (Å²) in [6, 6.07) is 0. The van der Waals surface area contributed by atoms with Gasteiger partial charge in [-0.3, -0.25) is 0 Å². The van der Waals surface area contributed by atoms with Crippen molar-refractivity contribution in [2.75, 3.05) is 6.61 Å². The Morgan fingerprint density at radius 3 is 2.31 bits per heavy atom. The van der Waals surface area contributed by atoms with E-state index in [0.29, 0.717) is 31.3 Å². The Kier molecular flexibility index (Phi) is 6.11. The number of ether oxygens (including phenoxy) is 2. The monoisotopic (exact) mass is 514 g/mol. The molecule has 0 aromatic rings. The van der Waals surface area contributed by atoms with E-state index in [1.54, 1.807) is 20.8 Å². The fourth-order valence-corrected chi connectivity index (χ4v) is 8.64. The van der Waals surface area contributed by atoms with E-state index < -0.39 is 83.1 Å². The summed E-state index contributed by atoms with van der Waals surface area (Å²) in [6.45, 7) is 8.94. The zero-order chi connectivity index (χ0) is 26.6. The molecule has 36 heavy (non-hydrogen) atoms. The van der Waals surface area contributed by atoms with Crippen LogP contribution in [-0.2, 0) is 9.47 Å². The molecule has 0 aromatic heterocycles. The fourth-order valence-electron chi connectivity index (χ4n) is 8.64. The van der Waals surface area contributed by atoms with Gasteiger partial charge >= 0.3 is 0 Å². The highest BCUT2D eigenvalue weighted by Crippen LogP contribution is 2.70. The topological polar surface area (TPSA) is 180 Å². The highest BCUT2D eigenvalue weighted by atomic mass is 16.7. The first kappa shape index (κ1) is 26.9. The van der Waals surface area contributed by atoms with Crippen molar-refractivity contribution in [3.63, 3.8) is 0 Å². The Balaban J connectivity index is 1.48. The Hall–Kier alpha value is -0.660. The van der Waals surface area contributed by atoms with Gasteiger partial charge in [0.05, 0.1) is 30.0 Å². The summed E-state index contributed by atoms with van der Waals surface area (Å²) in [4.78, 5) is 0. The first-order valence-corrected chi connectivity index (χ1v) is 13.1. The maximum absolute atomic E-state index is 12.2. The Morgan fingerprint density at radius 1 is 1.00 bits per heavy atom. The Bertz CT molecular complexity index is 905. The first-order chi connectivity index (χ1) is 16.6. The number of aliphatic hydroxyl groups is 8. The van der Waals surface area contributed by atoms with E-state index in [0.717, 1.165) is 0 Å². The van der Waals surface area contributed by atoms with Crippen LogP contribution in [0.1, 0.15) is 59.3 Å². The summed E-state index contributed by atoms with van der Waals surface area (Å²) in [5.74, 6) is -0.746. The molecule has 8 N–H and O–H groups in total. The minimum Gasteiger partial charge on any atom is -0.394 e. The fraction of sp³-hybridized carbons (Fsp3) is 0.923. The number of rotatable bonds is 3. The van der Waals surface area contributed by atoms with E-state index in [2.05, 4.69) is 6.58 Å². The molecule has 1 aliphatic heterocycles. The summed E-state index contributed by atoms with van der Waals surface area (Å²) < 4.78 is 11.6. The molecule has 10 heteroatoms. The maximum atomic E-state index is 12.2. The SMILES string of the molecule is C=C1[C@@H]2C[C@H](O[C@H]3O[C@H](CO)[C@@H](O)[C@H](O)[C@H]3O)C(C)(C)[C@@]2(O)[C@H](O)C[C@@]23C[C@@H](CC[C@@]12O)[C@](C)(O)C3. The molecule has 5 fully saturated rings. The molecular formula is C26H42O10. The maximum Gasteiger partial charge on any atom is 0.186 e. The minimum absolute atomic E-state index is 0.000590. The summed E-state index contributed by atoms with van der Waals surface area (Å²) >= 11 is 0. The molecule has 5 rings (SSSR count). The zero-order valence-electron chi connectivity index (χ0n) is 21.2. The quantitative estimate of drug-likeness (QED) is 0.216. The lowest BCUT2D eigenvalue weighted by atomic mass is 9.59. The van der Waals surface area contributed by atoms with Gasteiger partial charge in [-0.25, -0.2) is 0 Å². The van der Waals surface area contributed by atoms with Gasteiger partial charge in [0.2, 0.25) is 0 Å². The van der Waals surface area contributed by atoms with E-state index in [9.17, 15) is 40.9 Å². The van der Waals surface area contributed by atoms with Crippen LogP contribution in [0.25, 0.3) is 0 Å². The summed E-state index contributed by atoms with van der Waals surface area (Å²) in [6.07, 6.45) is -7.21. The Labute approximate surface area is 211 Å². The smallest absolute Gasteiger partial charge is 0.186 e. The van der Waals surface area contributed by atoms with Gasteiger partial charge in [-0.15, -0.1) is 0 Å². The van der Waals surface area contributed by atoms with Crippen molar-refractivity contribution < 1.29 is 50.3 Å². The summed E-state index contributed by atoms with van der Waals surface area (Å²) in [5.41, 5.74) is -5.59. The molecule has 4 aliphatic carbocycles. The third kappa shape index (κ3) is 3.27. The van der Waals surface area contributed by atoms with Crippen LogP contribution in [0.3, 0.4) is 0 Å². The van der Waals surface area contributed by atoms with Crippen molar-refractivity contribution in [2.45, 2.75) is 119 Å².